The van der Waals surface area contributed by atoms with E-state index >= 15 is 0 Å². The molecule has 0 aliphatic carbocycles. The fourth-order valence-electron chi connectivity index (χ4n) is 3.41. The largest absolute Gasteiger partial charge is 0.495 e. The smallest absolute Gasteiger partial charge is 0.224 e. The highest BCUT2D eigenvalue weighted by molar-refractivity contribution is 5.90. The molecule has 0 radical (unpaired) electrons. The summed E-state index contributed by atoms with van der Waals surface area (Å²) in [6.45, 7) is 5.92. The molecule has 5 nitrogen and oxygen atoms in total. The van der Waals surface area contributed by atoms with Crippen LogP contribution in [-0.4, -0.2) is 39.2 Å². The van der Waals surface area contributed by atoms with E-state index in [4.69, 9.17) is 4.74 Å². The Balaban J connectivity index is 1.56. The molecule has 0 bridgehead atoms. The number of carbonyl (C=O) groups is 1. The van der Waals surface area contributed by atoms with Crippen molar-refractivity contribution in [3.05, 3.63) is 48.5 Å². The number of hydrogen-bond donors (Lipinski definition) is 1. The van der Waals surface area contributed by atoms with Crippen molar-refractivity contribution < 1.29 is 9.53 Å². The highest BCUT2D eigenvalue weighted by Gasteiger charge is 2.19. The van der Waals surface area contributed by atoms with Gasteiger partial charge in [-0.2, -0.15) is 0 Å². The topological polar surface area (TPSA) is 44.8 Å². The van der Waals surface area contributed by atoms with E-state index in [1.54, 1.807) is 7.11 Å². The van der Waals surface area contributed by atoms with Crippen molar-refractivity contribution in [3.8, 4) is 5.75 Å². The van der Waals surface area contributed by atoms with Crippen molar-refractivity contribution >= 4 is 23.0 Å². The summed E-state index contributed by atoms with van der Waals surface area (Å²) in [4.78, 5) is 16.6. The number of nitrogens with one attached hydrogen (secondary N) is 1. The van der Waals surface area contributed by atoms with Crippen LogP contribution in [0.4, 0.5) is 17.1 Å². The van der Waals surface area contributed by atoms with Crippen molar-refractivity contribution in [2.45, 2.75) is 26.2 Å². The molecule has 144 valence electrons. The van der Waals surface area contributed by atoms with Crippen LogP contribution in [-0.2, 0) is 4.79 Å². The third-order valence-electron chi connectivity index (χ3n) is 4.98. The molecule has 2 aromatic carbocycles. The number of amides is 1. The number of ether oxygens (including phenoxy) is 1. The SMILES string of the molecule is CCCCC(=O)Nc1ccc(N2CCN(c3ccccc3OC)CC2)cc1. The van der Waals surface area contributed by atoms with Gasteiger partial charge in [-0.3, -0.25) is 4.79 Å². The Morgan fingerprint density at radius 1 is 1.00 bits per heavy atom. The average Bonchev–Trinajstić information content (AvgIpc) is 2.73. The lowest BCUT2D eigenvalue weighted by Gasteiger charge is -2.37. The summed E-state index contributed by atoms with van der Waals surface area (Å²) in [5.74, 6) is 1.02. The fourth-order valence-corrected chi connectivity index (χ4v) is 3.41. The van der Waals surface area contributed by atoms with Gasteiger partial charge in [-0.15, -0.1) is 0 Å². The van der Waals surface area contributed by atoms with Crippen LogP contribution in [0, 0.1) is 0 Å². The molecule has 1 aliphatic rings. The van der Waals surface area contributed by atoms with Gasteiger partial charge in [0.1, 0.15) is 5.75 Å². The summed E-state index contributed by atoms with van der Waals surface area (Å²) < 4.78 is 5.49. The van der Waals surface area contributed by atoms with Crippen LogP contribution in [0.3, 0.4) is 0 Å². The van der Waals surface area contributed by atoms with Crippen molar-refractivity contribution in [1.29, 1.82) is 0 Å². The predicted molar refractivity (Wildman–Crippen MR) is 112 cm³/mol. The van der Waals surface area contributed by atoms with E-state index in [9.17, 15) is 4.79 Å². The minimum Gasteiger partial charge on any atom is -0.495 e. The number of para-hydroxylation sites is 2. The van der Waals surface area contributed by atoms with Gasteiger partial charge in [0.05, 0.1) is 12.8 Å². The number of nitrogens with zero attached hydrogens (tertiary/aromatic N) is 2. The summed E-state index contributed by atoms with van der Waals surface area (Å²) in [5, 5.41) is 2.97. The minimum atomic E-state index is 0.0926. The molecule has 3 rings (SSSR count). The first-order valence-electron chi connectivity index (χ1n) is 9.74. The summed E-state index contributed by atoms with van der Waals surface area (Å²) >= 11 is 0. The number of anilines is 3. The lowest BCUT2D eigenvalue weighted by Crippen LogP contribution is -2.46. The zero-order valence-electron chi connectivity index (χ0n) is 16.3. The van der Waals surface area contributed by atoms with Gasteiger partial charge in [-0.25, -0.2) is 0 Å². The van der Waals surface area contributed by atoms with E-state index in [1.807, 2.05) is 24.3 Å². The summed E-state index contributed by atoms with van der Waals surface area (Å²) in [5.41, 5.74) is 3.22. The van der Waals surface area contributed by atoms with Crippen molar-refractivity contribution in [2.24, 2.45) is 0 Å². The fraction of sp³-hybridized carbons (Fsp3) is 0.409. The van der Waals surface area contributed by atoms with Crippen LogP contribution in [0.15, 0.2) is 48.5 Å². The quantitative estimate of drug-likeness (QED) is 0.798. The monoisotopic (exact) mass is 367 g/mol. The van der Waals surface area contributed by atoms with Crippen LogP contribution in [0.5, 0.6) is 5.75 Å². The number of hydrogen-bond acceptors (Lipinski definition) is 4. The first-order valence-corrected chi connectivity index (χ1v) is 9.74. The van der Waals surface area contributed by atoms with Crippen LogP contribution < -0.4 is 19.9 Å². The first-order chi connectivity index (χ1) is 13.2. The predicted octanol–water partition coefficient (Wildman–Crippen LogP) is 4.15. The van der Waals surface area contributed by atoms with Crippen molar-refractivity contribution in [3.63, 3.8) is 0 Å². The van der Waals surface area contributed by atoms with Gasteiger partial charge in [0.15, 0.2) is 0 Å². The minimum absolute atomic E-state index is 0.0926. The number of rotatable bonds is 7. The van der Waals surface area contributed by atoms with Crippen molar-refractivity contribution in [2.75, 3.05) is 48.4 Å². The summed E-state index contributed by atoms with van der Waals surface area (Å²) in [7, 11) is 1.72. The second-order valence-electron chi connectivity index (χ2n) is 6.84. The number of benzene rings is 2. The van der Waals surface area contributed by atoms with Gasteiger partial charge in [0.2, 0.25) is 5.91 Å². The lowest BCUT2D eigenvalue weighted by atomic mass is 10.2. The highest BCUT2D eigenvalue weighted by Crippen LogP contribution is 2.29. The van der Waals surface area contributed by atoms with E-state index in [0.717, 1.165) is 56.1 Å². The van der Waals surface area contributed by atoms with Gasteiger partial charge in [0, 0.05) is 44.0 Å². The maximum Gasteiger partial charge on any atom is 0.224 e. The Morgan fingerprint density at radius 2 is 1.67 bits per heavy atom. The van der Waals surface area contributed by atoms with E-state index < -0.39 is 0 Å². The number of methoxy groups -OCH3 is 1. The molecule has 1 aliphatic heterocycles. The van der Waals surface area contributed by atoms with Crippen LogP contribution >= 0.6 is 0 Å². The third-order valence-corrected chi connectivity index (χ3v) is 4.98. The second-order valence-corrected chi connectivity index (χ2v) is 6.84. The number of piperazine rings is 1. The molecule has 1 N–H and O–H groups in total. The number of carbonyl (C=O) groups excluding carboxylic acids is 1. The molecule has 0 atom stereocenters. The molecule has 1 amide bonds. The van der Waals surface area contributed by atoms with E-state index in [1.165, 1.54) is 5.69 Å². The van der Waals surface area contributed by atoms with Gasteiger partial charge >= 0.3 is 0 Å². The third kappa shape index (κ3) is 4.94. The van der Waals surface area contributed by atoms with E-state index in [2.05, 4.69) is 46.3 Å². The molecule has 27 heavy (non-hydrogen) atoms. The molecule has 5 heteroatoms. The molecule has 1 fully saturated rings. The highest BCUT2D eigenvalue weighted by atomic mass is 16.5. The molecular formula is C22H29N3O2. The molecular weight excluding hydrogens is 338 g/mol. The summed E-state index contributed by atoms with van der Waals surface area (Å²) in [6, 6.07) is 16.3. The van der Waals surface area contributed by atoms with E-state index in [0.29, 0.717) is 6.42 Å². The van der Waals surface area contributed by atoms with E-state index in [-0.39, 0.29) is 5.91 Å². The Labute approximate surface area is 161 Å². The molecule has 0 aromatic heterocycles. The molecule has 0 unspecified atom stereocenters. The lowest BCUT2D eigenvalue weighted by molar-refractivity contribution is -0.116. The molecule has 0 spiro atoms. The zero-order chi connectivity index (χ0) is 19.1. The molecule has 0 saturated carbocycles. The van der Waals surface area contributed by atoms with Crippen LogP contribution in [0.1, 0.15) is 26.2 Å². The van der Waals surface area contributed by atoms with Crippen LogP contribution in [0.2, 0.25) is 0 Å². The van der Waals surface area contributed by atoms with Crippen LogP contribution in [0.25, 0.3) is 0 Å². The zero-order valence-corrected chi connectivity index (χ0v) is 16.3. The van der Waals surface area contributed by atoms with Gasteiger partial charge in [-0.1, -0.05) is 25.5 Å². The molecule has 1 heterocycles. The van der Waals surface area contributed by atoms with Crippen molar-refractivity contribution in [1.82, 2.24) is 0 Å². The number of unbranched alkanes of at least 4 members (excludes halogenated alkanes) is 1. The second kappa shape index (κ2) is 9.31. The Morgan fingerprint density at radius 3 is 2.33 bits per heavy atom. The molecule has 2 aromatic rings. The van der Waals surface area contributed by atoms with Gasteiger partial charge in [0.25, 0.3) is 0 Å². The standard InChI is InChI=1S/C22H29N3O2/c1-3-4-9-22(26)23-18-10-12-19(13-11-18)24-14-16-25(17-15-24)20-7-5-6-8-21(20)27-2/h5-8,10-13H,3-4,9,14-17H2,1-2H3,(H,23,26). The maximum absolute atomic E-state index is 11.8. The first kappa shape index (κ1) is 19.1. The average molecular weight is 367 g/mol. The normalized spacial score (nSPS) is 14.1. The van der Waals surface area contributed by atoms with Gasteiger partial charge < -0.3 is 19.9 Å². The summed E-state index contributed by atoms with van der Waals surface area (Å²) in [6.07, 6.45) is 2.55. The Hall–Kier alpha value is -2.69. The molecule has 1 saturated heterocycles. The maximum atomic E-state index is 11.8. The Kier molecular flexibility index (Phi) is 6.58. The van der Waals surface area contributed by atoms with Gasteiger partial charge in [-0.05, 0) is 42.8 Å². The Bertz CT molecular complexity index is 737.